The number of hydrogen-bond acceptors (Lipinski definition) is 11. The number of carbonyl (C=O) groups excluding carboxylic acids is 1. The Morgan fingerprint density at radius 2 is 1.27 bits per heavy atom. The summed E-state index contributed by atoms with van der Waals surface area (Å²) in [5, 5.41) is 29.6. The van der Waals surface area contributed by atoms with Crippen LogP contribution in [0.3, 0.4) is 0 Å². The Morgan fingerprint density at radius 3 is 1.83 bits per heavy atom. The summed E-state index contributed by atoms with van der Waals surface area (Å²) < 4.78 is 56.8. The molecule has 2 aromatic carbocycles. The highest BCUT2D eigenvalue weighted by Gasteiger charge is 2.43. The number of aromatic nitrogens is 8. The molecular formula is C41H50N10O6S2. The maximum Gasteiger partial charge on any atom is 0.232 e. The van der Waals surface area contributed by atoms with Crippen LogP contribution in [-0.2, 0) is 35.7 Å². The molecule has 0 radical (unpaired) electrons. The van der Waals surface area contributed by atoms with Crippen molar-refractivity contribution in [2.24, 2.45) is 0 Å². The van der Waals surface area contributed by atoms with Crippen molar-refractivity contribution in [2.75, 3.05) is 21.5 Å². The van der Waals surface area contributed by atoms with Gasteiger partial charge in [0.2, 0.25) is 25.8 Å². The third kappa shape index (κ3) is 8.46. The van der Waals surface area contributed by atoms with Gasteiger partial charge in [0.1, 0.15) is 5.76 Å². The summed E-state index contributed by atoms with van der Waals surface area (Å²) in [4.78, 5) is 24.0. The summed E-state index contributed by atoms with van der Waals surface area (Å²) in [6.45, 7) is 13.9. The SMILES string of the molecule is CCCCCCCCS(=O)(=O)Nc1ccc(-c2nc3/c(=C4\C(=O)C(c5c(C(C)(C)C)[nH]n6nc(-c7ccc(NS(C)(=O)=O)cc7)nc56)=C4O)c(C(C)(C)C)nn3n2)cc1. The Balaban J connectivity index is 1.24. The van der Waals surface area contributed by atoms with Crippen molar-refractivity contribution in [1.29, 1.82) is 0 Å². The minimum Gasteiger partial charge on any atom is -0.506 e. The molecule has 59 heavy (non-hydrogen) atoms. The van der Waals surface area contributed by atoms with Crippen molar-refractivity contribution in [3.63, 3.8) is 0 Å². The number of sulfonamides is 2. The number of aliphatic hydroxyl groups is 1. The normalized spacial score (nSPS) is 15.1. The average Bonchev–Trinajstić information content (AvgIpc) is 3.91. The second-order valence-electron chi connectivity index (χ2n) is 17.2. The number of rotatable bonds is 14. The van der Waals surface area contributed by atoms with Gasteiger partial charge in [0.05, 0.1) is 45.3 Å². The van der Waals surface area contributed by atoms with Crippen molar-refractivity contribution in [2.45, 2.75) is 97.8 Å². The first-order chi connectivity index (χ1) is 27.6. The van der Waals surface area contributed by atoms with Crippen LogP contribution in [0.2, 0.25) is 0 Å². The van der Waals surface area contributed by atoms with Crippen molar-refractivity contribution >= 4 is 59.6 Å². The minimum absolute atomic E-state index is 0.0545. The highest BCUT2D eigenvalue weighted by Crippen LogP contribution is 2.43. The van der Waals surface area contributed by atoms with Gasteiger partial charge in [0, 0.05) is 33.3 Å². The van der Waals surface area contributed by atoms with Crippen LogP contribution in [0, 0.1) is 0 Å². The highest BCUT2D eigenvalue weighted by atomic mass is 32.2. The number of aromatic amines is 1. The van der Waals surface area contributed by atoms with Gasteiger partial charge in [0.25, 0.3) is 0 Å². The van der Waals surface area contributed by atoms with Crippen molar-refractivity contribution in [3.8, 4) is 22.8 Å². The molecule has 0 fully saturated rings. The lowest BCUT2D eigenvalue weighted by molar-refractivity contribution is -0.109. The lowest BCUT2D eigenvalue weighted by atomic mass is 9.77. The number of nitrogens with zero attached hydrogens (tertiary/aromatic N) is 7. The number of carbonyl (C=O) groups is 1. The lowest BCUT2D eigenvalue weighted by Crippen LogP contribution is -2.32. The summed E-state index contributed by atoms with van der Waals surface area (Å²) >= 11 is 0. The van der Waals surface area contributed by atoms with Crippen molar-refractivity contribution in [1.82, 2.24) is 39.6 Å². The summed E-state index contributed by atoms with van der Waals surface area (Å²) in [6, 6.07) is 13.3. The maximum atomic E-state index is 14.5. The van der Waals surface area contributed by atoms with Crippen LogP contribution in [0.25, 0.3) is 45.2 Å². The molecule has 0 unspecified atom stereocenters. The predicted octanol–water partition coefficient (Wildman–Crippen LogP) is 6.32. The molecule has 4 N–H and O–H groups in total. The number of hydrogen-bond donors (Lipinski definition) is 4. The molecule has 18 heteroatoms. The Hall–Kier alpha value is -5.62. The van der Waals surface area contributed by atoms with E-state index in [1.807, 2.05) is 41.5 Å². The zero-order chi connectivity index (χ0) is 42.7. The van der Waals surface area contributed by atoms with Gasteiger partial charge < -0.3 is 5.11 Å². The van der Waals surface area contributed by atoms with Crippen molar-refractivity contribution < 1.29 is 26.7 Å². The molecule has 0 spiro atoms. The van der Waals surface area contributed by atoms with E-state index in [1.54, 1.807) is 48.5 Å². The molecular weight excluding hydrogens is 793 g/mol. The van der Waals surface area contributed by atoms with Crippen LogP contribution >= 0.6 is 0 Å². The Kier molecular flexibility index (Phi) is 10.7. The second kappa shape index (κ2) is 15.2. The standard InChI is InChI=1S/C41H50N10O6S2/c1-9-10-11-12-13-14-23-59(56,57)49-27-21-17-25(18-22-27)37-43-39-31(35(41(5,6)7)45-51(39)47-37)29-32(52)28(33(29)53)30-34(40(2,3)4)44-50-38(30)42-36(46-50)24-15-19-26(20-16-24)48-58(8,54)55/h15-22,44,48-49,52H,9-14,23H2,1-8H3/b31-29-. The number of unbranched alkanes of at least 4 members (excludes halogenated alkanes) is 5. The number of aliphatic hydroxyl groups excluding tert-OH is 1. The molecule has 0 atom stereocenters. The van der Waals surface area contributed by atoms with E-state index in [0.717, 1.165) is 38.4 Å². The first-order valence-corrected chi connectivity index (χ1v) is 23.2. The molecule has 6 aromatic rings. The Morgan fingerprint density at radius 1 is 0.712 bits per heavy atom. The molecule has 1 aliphatic rings. The quantitative estimate of drug-likeness (QED) is 0.0890. The molecule has 0 amide bonds. The predicted molar refractivity (Wildman–Crippen MR) is 229 cm³/mol. The molecule has 312 valence electrons. The number of ketones is 1. The summed E-state index contributed by atoms with van der Waals surface area (Å²) in [6.07, 6.45) is 6.98. The third-order valence-corrected chi connectivity index (χ3v) is 12.0. The zero-order valence-corrected chi connectivity index (χ0v) is 36.1. The number of allylic oxidation sites excluding steroid dienone is 2. The fraction of sp³-hybridized carbons (Fsp3) is 0.415. The Bertz CT molecular complexity index is 2890. The van der Waals surface area contributed by atoms with E-state index in [9.17, 15) is 26.7 Å². The van der Waals surface area contributed by atoms with E-state index in [0.29, 0.717) is 68.4 Å². The fourth-order valence-electron chi connectivity index (χ4n) is 7.14. The van der Waals surface area contributed by atoms with E-state index in [2.05, 4.69) is 31.7 Å². The minimum atomic E-state index is -3.51. The Labute approximate surface area is 343 Å². The first-order valence-electron chi connectivity index (χ1n) is 19.6. The maximum absolute atomic E-state index is 14.5. The molecule has 4 heterocycles. The highest BCUT2D eigenvalue weighted by molar-refractivity contribution is 7.92. The number of fused-ring (bicyclic) bond motifs is 2. The number of anilines is 2. The van der Waals surface area contributed by atoms with Crippen molar-refractivity contribution in [3.05, 3.63) is 76.5 Å². The second-order valence-corrected chi connectivity index (χ2v) is 20.7. The van der Waals surface area contributed by atoms with E-state index < -0.39 is 36.7 Å². The summed E-state index contributed by atoms with van der Waals surface area (Å²) in [5.74, 6) is 0.0404. The van der Waals surface area contributed by atoms with Gasteiger partial charge in [-0.15, -0.1) is 14.8 Å². The van der Waals surface area contributed by atoms with Crippen LogP contribution in [0.4, 0.5) is 11.4 Å². The van der Waals surface area contributed by atoms with E-state index in [4.69, 9.17) is 15.1 Å². The fourth-order valence-corrected chi connectivity index (χ4v) is 8.89. The molecule has 1 aliphatic carbocycles. The molecule has 7 rings (SSSR count). The number of nitrogens with one attached hydrogen (secondary N) is 3. The smallest absolute Gasteiger partial charge is 0.232 e. The topological polar surface area (TPSA) is 219 Å². The molecule has 4 aromatic heterocycles. The molecule has 0 saturated carbocycles. The first kappa shape index (κ1) is 41.5. The van der Waals surface area contributed by atoms with E-state index in [1.165, 1.54) is 9.26 Å². The van der Waals surface area contributed by atoms with Gasteiger partial charge in [-0.3, -0.25) is 19.3 Å². The summed E-state index contributed by atoms with van der Waals surface area (Å²) in [7, 11) is -6.97. The number of Topliss-reactive ketones (excluding diaryl/α,β-unsaturated/α-hetero) is 1. The van der Waals surface area contributed by atoms with Crippen LogP contribution in [0.1, 0.15) is 104 Å². The monoisotopic (exact) mass is 842 g/mol. The van der Waals surface area contributed by atoms with Crippen LogP contribution < -0.4 is 14.7 Å². The van der Waals surface area contributed by atoms with Gasteiger partial charge >= 0.3 is 0 Å². The molecule has 0 aliphatic heterocycles. The lowest BCUT2D eigenvalue weighted by Gasteiger charge is -2.25. The van der Waals surface area contributed by atoms with Gasteiger partial charge in [0.15, 0.2) is 22.9 Å². The van der Waals surface area contributed by atoms with Crippen LogP contribution in [0.15, 0.2) is 54.3 Å². The molecule has 0 bridgehead atoms. The van der Waals surface area contributed by atoms with Gasteiger partial charge in [-0.05, 0) is 55.0 Å². The summed E-state index contributed by atoms with van der Waals surface area (Å²) in [5.41, 5.74) is 3.29. The molecule has 0 saturated heterocycles. The van der Waals surface area contributed by atoms with Gasteiger partial charge in [-0.25, -0.2) is 26.8 Å². The average molecular weight is 843 g/mol. The van der Waals surface area contributed by atoms with E-state index in [-0.39, 0.29) is 28.3 Å². The van der Waals surface area contributed by atoms with Crippen LogP contribution in [0.5, 0.6) is 0 Å². The molecule has 16 nitrogen and oxygen atoms in total. The number of H-pyrrole nitrogens is 1. The largest absolute Gasteiger partial charge is 0.506 e. The third-order valence-electron chi connectivity index (χ3n) is 10.1. The number of benzene rings is 2. The van der Waals surface area contributed by atoms with E-state index >= 15 is 0 Å². The zero-order valence-electron chi connectivity index (χ0n) is 34.5. The van der Waals surface area contributed by atoms with Crippen LogP contribution in [-0.4, -0.2) is 79.4 Å². The van der Waals surface area contributed by atoms with Gasteiger partial charge in [-0.1, -0.05) is 80.6 Å². The van der Waals surface area contributed by atoms with Gasteiger partial charge in [-0.2, -0.15) is 9.73 Å².